The van der Waals surface area contributed by atoms with Crippen LogP contribution in [0.5, 0.6) is 0 Å². The van der Waals surface area contributed by atoms with Gasteiger partial charge in [-0.3, -0.25) is 20.3 Å². The molecule has 0 saturated heterocycles. The van der Waals surface area contributed by atoms with E-state index in [4.69, 9.17) is 16.3 Å². The second-order valence-electron chi connectivity index (χ2n) is 4.44. The van der Waals surface area contributed by atoms with Crippen molar-refractivity contribution < 1.29 is 19.2 Å². The standard InChI is InChI=1S/C13H12ClN3O5/c1-2-22-13(19)10-6-9(15-16-10)12(18)8-5-7(14)3-4-11(8)17(20)21/h3-5,10,16H,2,6H2,1H3. The lowest BCUT2D eigenvalue weighted by Crippen LogP contribution is -2.32. The van der Waals surface area contributed by atoms with Gasteiger partial charge in [-0.15, -0.1) is 0 Å². The van der Waals surface area contributed by atoms with Gasteiger partial charge in [0.05, 0.1) is 11.5 Å². The Labute approximate surface area is 130 Å². The Bertz CT molecular complexity index is 674. The molecule has 116 valence electrons. The van der Waals surface area contributed by atoms with Crippen LogP contribution < -0.4 is 5.43 Å². The molecular weight excluding hydrogens is 314 g/mol. The van der Waals surface area contributed by atoms with E-state index < -0.39 is 22.7 Å². The summed E-state index contributed by atoms with van der Waals surface area (Å²) in [6.45, 7) is 1.87. The highest BCUT2D eigenvalue weighted by atomic mass is 35.5. The highest BCUT2D eigenvalue weighted by molar-refractivity contribution is 6.47. The molecular formula is C13H12ClN3O5. The summed E-state index contributed by atoms with van der Waals surface area (Å²) in [4.78, 5) is 34.3. The van der Waals surface area contributed by atoms with E-state index in [1.54, 1.807) is 6.92 Å². The molecule has 0 amide bonds. The number of ether oxygens (including phenoxy) is 1. The average Bonchev–Trinajstić information content (AvgIpc) is 2.96. The number of halogens is 1. The third-order valence-electron chi connectivity index (χ3n) is 2.99. The second kappa shape index (κ2) is 6.52. The van der Waals surface area contributed by atoms with E-state index in [9.17, 15) is 19.7 Å². The average molecular weight is 326 g/mol. The number of Topliss-reactive ketones (excluding diaryl/α,β-unsaturated/α-hetero) is 1. The van der Waals surface area contributed by atoms with Gasteiger partial charge >= 0.3 is 5.97 Å². The van der Waals surface area contributed by atoms with Crippen LogP contribution in [-0.2, 0) is 9.53 Å². The van der Waals surface area contributed by atoms with Gasteiger partial charge < -0.3 is 4.74 Å². The largest absolute Gasteiger partial charge is 0.464 e. The summed E-state index contributed by atoms with van der Waals surface area (Å²) in [6.07, 6.45) is 0.00132. The number of nitro groups is 1. The first-order valence-corrected chi connectivity index (χ1v) is 6.79. The van der Waals surface area contributed by atoms with Crippen LogP contribution >= 0.6 is 11.6 Å². The van der Waals surface area contributed by atoms with Gasteiger partial charge in [-0.05, 0) is 19.1 Å². The van der Waals surface area contributed by atoms with Gasteiger partial charge in [0.2, 0.25) is 5.78 Å². The summed E-state index contributed by atoms with van der Waals surface area (Å²) in [5.41, 5.74) is 1.98. The van der Waals surface area contributed by atoms with Crippen LogP contribution in [0, 0.1) is 10.1 Å². The number of rotatable bonds is 5. The molecule has 2 rings (SSSR count). The normalized spacial score (nSPS) is 16.6. The summed E-state index contributed by atoms with van der Waals surface area (Å²) in [5.74, 6) is -1.18. The van der Waals surface area contributed by atoms with Crippen LogP contribution in [0.2, 0.25) is 5.02 Å². The fourth-order valence-corrected chi connectivity index (χ4v) is 2.14. The van der Waals surface area contributed by atoms with Crippen molar-refractivity contribution in [2.45, 2.75) is 19.4 Å². The summed E-state index contributed by atoms with van der Waals surface area (Å²) in [7, 11) is 0. The molecule has 1 aliphatic heterocycles. The van der Waals surface area contributed by atoms with E-state index >= 15 is 0 Å². The number of ketones is 1. The molecule has 0 fully saturated rings. The first-order chi connectivity index (χ1) is 10.4. The molecule has 1 heterocycles. The van der Waals surface area contributed by atoms with Gasteiger partial charge in [-0.25, -0.2) is 4.79 Å². The van der Waals surface area contributed by atoms with Crippen molar-refractivity contribution >= 4 is 34.8 Å². The first kappa shape index (κ1) is 15.9. The molecule has 0 radical (unpaired) electrons. The second-order valence-corrected chi connectivity index (χ2v) is 4.88. The molecule has 0 aromatic heterocycles. The maximum Gasteiger partial charge on any atom is 0.330 e. The number of esters is 1. The predicted octanol–water partition coefficient (Wildman–Crippen LogP) is 1.71. The minimum Gasteiger partial charge on any atom is -0.464 e. The van der Waals surface area contributed by atoms with E-state index in [1.165, 1.54) is 12.1 Å². The summed E-state index contributed by atoms with van der Waals surface area (Å²) >= 11 is 5.79. The summed E-state index contributed by atoms with van der Waals surface area (Å²) in [6, 6.07) is 2.92. The number of nitrogens with one attached hydrogen (secondary N) is 1. The van der Waals surface area contributed by atoms with Crippen molar-refractivity contribution in [2.75, 3.05) is 6.61 Å². The van der Waals surface area contributed by atoms with Crippen molar-refractivity contribution in [2.24, 2.45) is 5.10 Å². The Morgan fingerprint density at radius 3 is 2.91 bits per heavy atom. The highest BCUT2D eigenvalue weighted by Gasteiger charge is 2.33. The van der Waals surface area contributed by atoms with Gasteiger partial charge in [-0.2, -0.15) is 5.10 Å². The minimum absolute atomic E-state index is 0.00132. The van der Waals surface area contributed by atoms with Crippen molar-refractivity contribution in [1.82, 2.24) is 5.43 Å². The molecule has 1 atom stereocenters. The molecule has 1 N–H and O–H groups in total. The number of nitro benzene ring substituents is 1. The van der Waals surface area contributed by atoms with Crippen LogP contribution in [0.4, 0.5) is 5.69 Å². The maximum atomic E-state index is 12.4. The fraction of sp³-hybridized carbons (Fsp3) is 0.308. The summed E-state index contributed by atoms with van der Waals surface area (Å²) < 4.78 is 4.83. The van der Waals surface area contributed by atoms with Gasteiger partial charge in [0.15, 0.2) is 0 Å². The smallest absolute Gasteiger partial charge is 0.330 e. The molecule has 1 unspecified atom stereocenters. The molecule has 0 spiro atoms. The van der Waals surface area contributed by atoms with Crippen LogP contribution in [-0.4, -0.2) is 35.0 Å². The van der Waals surface area contributed by atoms with E-state index in [1.807, 2.05) is 0 Å². The van der Waals surface area contributed by atoms with Gasteiger partial charge in [0.1, 0.15) is 17.3 Å². The quantitative estimate of drug-likeness (QED) is 0.382. The lowest BCUT2D eigenvalue weighted by atomic mass is 10.0. The number of benzene rings is 1. The predicted molar refractivity (Wildman–Crippen MR) is 78.0 cm³/mol. The molecule has 22 heavy (non-hydrogen) atoms. The Hall–Kier alpha value is -2.48. The third-order valence-corrected chi connectivity index (χ3v) is 3.22. The van der Waals surface area contributed by atoms with E-state index in [0.29, 0.717) is 0 Å². The van der Waals surface area contributed by atoms with Crippen molar-refractivity contribution in [1.29, 1.82) is 0 Å². The Morgan fingerprint density at radius 1 is 1.55 bits per heavy atom. The highest BCUT2D eigenvalue weighted by Crippen LogP contribution is 2.24. The topological polar surface area (TPSA) is 111 Å². The molecule has 0 saturated carbocycles. The SMILES string of the molecule is CCOC(=O)C1CC(C(=O)c2cc(Cl)ccc2[N+](=O)[O-])=NN1. The van der Waals surface area contributed by atoms with Crippen LogP contribution in [0.15, 0.2) is 23.3 Å². The number of carbonyl (C=O) groups excluding carboxylic acids is 2. The van der Waals surface area contributed by atoms with Gasteiger partial charge in [-0.1, -0.05) is 11.6 Å². The number of carbonyl (C=O) groups is 2. The zero-order valence-electron chi connectivity index (χ0n) is 11.5. The van der Waals surface area contributed by atoms with Crippen molar-refractivity contribution in [3.05, 3.63) is 38.9 Å². The number of hydrogen-bond acceptors (Lipinski definition) is 7. The molecule has 1 aliphatic rings. The lowest BCUT2D eigenvalue weighted by Gasteiger charge is -2.07. The third kappa shape index (κ3) is 3.22. The minimum atomic E-state index is -0.767. The first-order valence-electron chi connectivity index (χ1n) is 6.41. The molecule has 1 aromatic carbocycles. The number of hydrazone groups is 1. The molecule has 9 heteroatoms. The molecule has 1 aromatic rings. The van der Waals surface area contributed by atoms with Gasteiger partial charge in [0, 0.05) is 17.5 Å². The van der Waals surface area contributed by atoms with Crippen LogP contribution in [0.3, 0.4) is 0 Å². The Balaban J connectivity index is 2.22. The van der Waals surface area contributed by atoms with Crippen molar-refractivity contribution in [3.63, 3.8) is 0 Å². The van der Waals surface area contributed by atoms with E-state index in [0.717, 1.165) is 6.07 Å². The summed E-state index contributed by atoms with van der Waals surface area (Å²) in [5, 5.41) is 15.0. The Morgan fingerprint density at radius 2 is 2.27 bits per heavy atom. The fourth-order valence-electron chi connectivity index (χ4n) is 1.97. The van der Waals surface area contributed by atoms with Crippen molar-refractivity contribution in [3.8, 4) is 0 Å². The van der Waals surface area contributed by atoms with E-state index in [-0.39, 0.29) is 35.0 Å². The van der Waals surface area contributed by atoms with Crippen LogP contribution in [0.25, 0.3) is 0 Å². The van der Waals surface area contributed by atoms with Gasteiger partial charge in [0.25, 0.3) is 5.69 Å². The molecule has 8 nitrogen and oxygen atoms in total. The zero-order chi connectivity index (χ0) is 16.3. The molecule has 0 aliphatic carbocycles. The number of nitrogens with zero attached hydrogens (tertiary/aromatic N) is 2. The zero-order valence-corrected chi connectivity index (χ0v) is 12.3. The number of hydrogen-bond donors (Lipinski definition) is 1. The Kier molecular flexibility index (Phi) is 4.71. The monoisotopic (exact) mass is 325 g/mol. The molecule has 0 bridgehead atoms. The lowest BCUT2D eigenvalue weighted by molar-refractivity contribution is -0.385. The van der Waals surface area contributed by atoms with Crippen LogP contribution in [0.1, 0.15) is 23.7 Å². The maximum absolute atomic E-state index is 12.4. The van der Waals surface area contributed by atoms with E-state index in [2.05, 4.69) is 10.5 Å².